The minimum atomic E-state index is -0.241. The Morgan fingerprint density at radius 2 is 1.84 bits per heavy atom. The summed E-state index contributed by atoms with van der Waals surface area (Å²) >= 11 is 1.59. The number of anilines is 1. The van der Waals surface area contributed by atoms with Gasteiger partial charge in [-0.05, 0) is 70.7 Å². The van der Waals surface area contributed by atoms with Crippen LogP contribution in [0.5, 0.6) is 5.75 Å². The number of aromatic hydroxyl groups is 1. The van der Waals surface area contributed by atoms with Gasteiger partial charge in [0, 0.05) is 12.2 Å². The number of hydrogen-bond acceptors (Lipinski definition) is 4. The van der Waals surface area contributed by atoms with E-state index in [1.807, 2.05) is 61.7 Å². The van der Waals surface area contributed by atoms with Crippen molar-refractivity contribution in [3.63, 3.8) is 0 Å². The van der Waals surface area contributed by atoms with Crippen molar-refractivity contribution in [1.29, 1.82) is 0 Å². The molecule has 1 heterocycles. The highest BCUT2D eigenvalue weighted by atomic mass is 32.1. The number of phenolic OH excluding ortho intramolecular Hbond substituents is 1. The van der Waals surface area contributed by atoms with Gasteiger partial charge >= 0.3 is 0 Å². The van der Waals surface area contributed by atoms with Crippen LogP contribution in [0.25, 0.3) is 0 Å². The molecule has 0 aliphatic carbocycles. The van der Waals surface area contributed by atoms with Gasteiger partial charge in [0.2, 0.25) is 0 Å². The van der Waals surface area contributed by atoms with Gasteiger partial charge in [0.05, 0.1) is 11.9 Å². The quantitative estimate of drug-likeness (QED) is 0.260. The molecule has 2 aromatic carbocycles. The van der Waals surface area contributed by atoms with E-state index < -0.39 is 0 Å². The van der Waals surface area contributed by atoms with Crippen LogP contribution in [0.1, 0.15) is 66.6 Å². The van der Waals surface area contributed by atoms with Crippen LogP contribution < -0.4 is 10.6 Å². The molecule has 3 rings (SSSR count). The van der Waals surface area contributed by atoms with Crippen molar-refractivity contribution in [3.05, 3.63) is 76.2 Å². The first-order valence-electron chi connectivity index (χ1n) is 10.9. The molecule has 0 bridgehead atoms. The maximum absolute atomic E-state index is 12.8. The van der Waals surface area contributed by atoms with E-state index in [1.54, 1.807) is 23.7 Å². The van der Waals surface area contributed by atoms with Crippen molar-refractivity contribution in [3.8, 4) is 5.75 Å². The Morgan fingerprint density at radius 3 is 2.47 bits per heavy atom. The Labute approximate surface area is 194 Å². The van der Waals surface area contributed by atoms with Crippen molar-refractivity contribution in [2.75, 3.05) is 11.9 Å². The van der Waals surface area contributed by atoms with E-state index in [4.69, 9.17) is 0 Å². The summed E-state index contributed by atoms with van der Waals surface area (Å²) in [5, 5.41) is 19.7. The highest BCUT2D eigenvalue weighted by Crippen LogP contribution is 2.33. The summed E-state index contributed by atoms with van der Waals surface area (Å²) < 4.78 is 0. The van der Waals surface area contributed by atoms with Gasteiger partial charge in [0.1, 0.15) is 10.8 Å². The van der Waals surface area contributed by atoms with Crippen molar-refractivity contribution >= 4 is 34.3 Å². The van der Waals surface area contributed by atoms with E-state index in [1.165, 1.54) is 0 Å². The topological polar surface area (TPSA) is 73.7 Å². The van der Waals surface area contributed by atoms with Gasteiger partial charge in [0.25, 0.3) is 5.91 Å². The van der Waals surface area contributed by atoms with Crippen LogP contribution in [0.3, 0.4) is 0 Å². The molecule has 5 nitrogen and oxygen atoms in total. The summed E-state index contributed by atoms with van der Waals surface area (Å²) in [7, 11) is 0. The van der Waals surface area contributed by atoms with Crippen molar-refractivity contribution in [1.82, 2.24) is 5.32 Å². The normalized spacial score (nSPS) is 11.4. The summed E-state index contributed by atoms with van der Waals surface area (Å²) in [6.07, 6.45) is 2.39. The summed E-state index contributed by atoms with van der Waals surface area (Å²) in [4.78, 5) is 17.1. The molecule has 6 heteroatoms. The lowest BCUT2D eigenvalue weighted by Gasteiger charge is -2.17. The molecule has 0 atom stereocenters. The monoisotopic (exact) mass is 449 g/mol. The molecule has 3 aromatic rings. The van der Waals surface area contributed by atoms with Crippen LogP contribution in [0.4, 0.5) is 10.7 Å². The van der Waals surface area contributed by atoms with Crippen molar-refractivity contribution in [2.24, 2.45) is 4.99 Å². The fraction of sp³-hybridized carbons (Fsp3) is 0.308. The van der Waals surface area contributed by atoms with Crippen LogP contribution >= 0.6 is 11.3 Å². The van der Waals surface area contributed by atoms with Crippen molar-refractivity contribution in [2.45, 2.75) is 46.0 Å². The number of benzene rings is 2. The third-order valence-corrected chi connectivity index (χ3v) is 6.05. The van der Waals surface area contributed by atoms with Gasteiger partial charge in [-0.2, -0.15) is 0 Å². The van der Waals surface area contributed by atoms with E-state index in [-0.39, 0.29) is 23.5 Å². The Morgan fingerprint density at radius 1 is 1.09 bits per heavy atom. The number of thiophene rings is 1. The molecule has 32 heavy (non-hydrogen) atoms. The van der Waals surface area contributed by atoms with E-state index in [2.05, 4.69) is 29.5 Å². The van der Waals surface area contributed by atoms with Gasteiger partial charge in [-0.25, -0.2) is 4.99 Å². The first-order valence-corrected chi connectivity index (χ1v) is 11.8. The fourth-order valence-corrected chi connectivity index (χ4v) is 3.89. The second-order valence-electron chi connectivity index (χ2n) is 8.37. The molecule has 3 N–H and O–H groups in total. The molecule has 168 valence electrons. The number of nitrogens with zero attached hydrogens (tertiary/aromatic N) is 1. The molecule has 0 radical (unpaired) electrons. The van der Waals surface area contributed by atoms with E-state index >= 15 is 0 Å². The molecule has 1 amide bonds. The molecule has 0 saturated carbocycles. The largest absolute Gasteiger partial charge is 0.507 e. The SMILES string of the molecule is CC(C)c1cc(C(=O)NCCc2ccc(N/C=N/c3cccs3)cc2)c(O)c(C(C)C)c1. The van der Waals surface area contributed by atoms with Gasteiger partial charge < -0.3 is 15.7 Å². The predicted molar refractivity (Wildman–Crippen MR) is 135 cm³/mol. The third kappa shape index (κ3) is 6.20. The average Bonchev–Trinajstić information content (AvgIpc) is 3.28. The van der Waals surface area contributed by atoms with E-state index in [0.29, 0.717) is 18.5 Å². The molecular formula is C26H31N3O2S. The lowest BCUT2D eigenvalue weighted by molar-refractivity contribution is 0.0951. The number of carbonyl (C=O) groups is 1. The van der Waals surface area contributed by atoms with Crippen LogP contribution in [0.2, 0.25) is 0 Å². The average molecular weight is 450 g/mol. The van der Waals surface area contributed by atoms with E-state index in [0.717, 1.165) is 27.4 Å². The highest BCUT2D eigenvalue weighted by Gasteiger charge is 2.19. The number of amides is 1. The summed E-state index contributed by atoms with van der Waals surface area (Å²) in [6.45, 7) is 8.71. The number of aliphatic imine (C=N–C) groups is 1. The fourth-order valence-electron chi connectivity index (χ4n) is 3.32. The smallest absolute Gasteiger partial charge is 0.255 e. The Bertz CT molecular complexity index is 1060. The van der Waals surface area contributed by atoms with Gasteiger partial charge in [-0.1, -0.05) is 45.9 Å². The second-order valence-corrected chi connectivity index (χ2v) is 9.30. The van der Waals surface area contributed by atoms with Crippen LogP contribution in [0, 0.1) is 0 Å². The van der Waals surface area contributed by atoms with E-state index in [9.17, 15) is 9.90 Å². The van der Waals surface area contributed by atoms with Crippen LogP contribution in [-0.4, -0.2) is 23.9 Å². The highest BCUT2D eigenvalue weighted by molar-refractivity contribution is 7.13. The van der Waals surface area contributed by atoms with Crippen molar-refractivity contribution < 1.29 is 9.90 Å². The number of carbonyl (C=O) groups excluding carboxylic acids is 1. The zero-order valence-corrected chi connectivity index (χ0v) is 19.9. The summed E-state index contributed by atoms with van der Waals surface area (Å²) in [6, 6.07) is 15.8. The molecular weight excluding hydrogens is 418 g/mol. The number of hydrogen-bond donors (Lipinski definition) is 3. The maximum Gasteiger partial charge on any atom is 0.255 e. The van der Waals surface area contributed by atoms with Crippen LogP contribution in [0.15, 0.2) is 58.9 Å². The van der Waals surface area contributed by atoms with Crippen LogP contribution in [-0.2, 0) is 6.42 Å². The van der Waals surface area contributed by atoms with Gasteiger partial charge in [0.15, 0.2) is 0 Å². The number of nitrogens with one attached hydrogen (secondary N) is 2. The molecule has 1 aromatic heterocycles. The zero-order valence-electron chi connectivity index (χ0n) is 19.1. The predicted octanol–water partition coefficient (Wildman–Crippen LogP) is 6.44. The Kier molecular flexibility index (Phi) is 8.06. The molecule has 0 fully saturated rings. The Hall–Kier alpha value is -3.12. The maximum atomic E-state index is 12.8. The molecule has 0 unspecified atom stereocenters. The first-order chi connectivity index (χ1) is 15.3. The molecule has 0 aliphatic rings. The molecule has 0 spiro atoms. The Balaban J connectivity index is 1.56. The van der Waals surface area contributed by atoms with Gasteiger partial charge in [-0.15, -0.1) is 11.3 Å². The summed E-state index contributed by atoms with van der Waals surface area (Å²) in [5.41, 5.74) is 4.29. The molecule has 0 saturated heterocycles. The standard InChI is InChI=1S/C26H31N3O2S/c1-17(2)20-14-22(18(3)4)25(30)23(15-20)26(31)27-12-11-19-7-9-21(10-8-19)28-16-29-24-6-5-13-32-24/h5-10,13-18,30H,11-12H2,1-4H3,(H,27,31)(H,28,29). The second kappa shape index (κ2) is 11.0. The zero-order chi connectivity index (χ0) is 23.1. The lowest BCUT2D eigenvalue weighted by atomic mass is 9.91. The number of phenols is 1. The van der Waals surface area contributed by atoms with Gasteiger partial charge in [-0.3, -0.25) is 4.79 Å². The lowest BCUT2D eigenvalue weighted by Crippen LogP contribution is -2.26. The number of rotatable bonds is 9. The minimum Gasteiger partial charge on any atom is -0.507 e. The third-order valence-electron chi connectivity index (χ3n) is 5.28. The first kappa shape index (κ1) is 23.5. The minimum absolute atomic E-state index is 0.0848. The summed E-state index contributed by atoms with van der Waals surface area (Å²) in [5.74, 6) is 0.265. The molecule has 0 aliphatic heterocycles.